The molecule has 3 rings (SSSR count). The van der Waals surface area contributed by atoms with E-state index >= 15 is 0 Å². The number of aromatic amines is 1. The number of H-pyrrole nitrogens is 1. The van der Waals surface area contributed by atoms with Gasteiger partial charge in [-0.1, -0.05) is 18.2 Å². The molecule has 1 heterocycles. The molecule has 0 saturated heterocycles. The molecule has 0 saturated carbocycles. The topological polar surface area (TPSA) is 37.8 Å². The molecular weight excluding hydrogens is 212 g/mol. The quantitative estimate of drug-likeness (QED) is 0.796. The van der Waals surface area contributed by atoms with Crippen LogP contribution in [0, 0.1) is 6.92 Å². The van der Waals surface area contributed by atoms with E-state index in [0.29, 0.717) is 0 Å². The Kier molecular flexibility index (Phi) is 2.25. The first-order valence-corrected chi connectivity index (χ1v) is 5.82. The number of rotatable bonds is 1. The van der Waals surface area contributed by atoms with E-state index in [4.69, 9.17) is 0 Å². The van der Waals surface area contributed by atoms with E-state index in [2.05, 4.69) is 35.4 Å². The van der Waals surface area contributed by atoms with E-state index in [1.54, 1.807) is 6.07 Å². The molecule has 0 fully saturated rings. The van der Waals surface area contributed by atoms with Gasteiger partial charge in [0.05, 0.1) is 5.69 Å². The van der Waals surface area contributed by atoms with Crippen LogP contribution in [0.4, 0.5) is 0 Å². The van der Waals surface area contributed by atoms with E-state index < -0.39 is 0 Å². The molecule has 3 heteroatoms. The highest BCUT2D eigenvalue weighted by Crippen LogP contribution is 2.22. The van der Waals surface area contributed by atoms with Gasteiger partial charge in [0.15, 0.2) is 0 Å². The normalized spacial score (nSPS) is 13.7. The number of allylic oxidation sites excluding steroid dienone is 1. The van der Waals surface area contributed by atoms with Crippen molar-refractivity contribution in [3.05, 3.63) is 57.5 Å². The molecule has 1 aromatic heterocycles. The Morgan fingerprint density at radius 3 is 2.94 bits per heavy atom. The number of benzene rings is 1. The molecule has 2 aromatic rings. The fraction of sp³-hybridized carbons (Fsp3) is 0.214. The summed E-state index contributed by atoms with van der Waals surface area (Å²) in [5.74, 6) is 0. The minimum atomic E-state index is -0.0595. The maximum absolute atomic E-state index is 11.3. The fourth-order valence-corrected chi connectivity index (χ4v) is 2.31. The minimum absolute atomic E-state index is 0.0595. The number of aryl methyl sites for hydroxylation is 2. The predicted octanol–water partition coefficient (Wildman–Crippen LogP) is 2.43. The zero-order valence-electron chi connectivity index (χ0n) is 9.73. The Morgan fingerprint density at radius 2 is 2.18 bits per heavy atom. The van der Waals surface area contributed by atoms with Crippen molar-refractivity contribution < 1.29 is 0 Å². The van der Waals surface area contributed by atoms with E-state index in [1.807, 2.05) is 11.6 Å². The zero-order chi connectivity index (χ0) is 11.8. The Bertz CT molecular complexity index is 646. The van der Waals surface area contributed by atoms with Crippen LogP contribution < -0.4 is 5.56 Å². The largest absolute Gasteiger partial charge is 0.268 e. The van der Waals surface area contributed by atoms with Gasteiger partial charge in [-0.3, -0.25) is 14.6 Å². The van der Waals surface area contributed by atoms with Crippen molar-refractivity contribution in [2.45, 2.75) is 19.8 Å². The molecule has 1 N–H and O–H groups in total. The number of hydrogen-bond acceptors (Lipinski definition) is 1. The molecule has 0 aliphatic heterocycles. The van der Waals surface area contributed by atoms with Crippen molar-refractivity contribution in [2.75, 3.05) is 0 Å². The first-order valence-electron chi connectivity index (χ1n) is 5.82. The number of fused-ring (bicyclic) bond motifs is 1. The van der Waals surface area contributed by atoms with Gasteiger partial charge in [-0.25, -0.2) is 0 Å². The van der Waals surface area contributed by atoms with E-state index in [0.717, 1.165) is 24.2 Å². The lowest BCUT2D eigenvalue weighted by Crippen LogP contribution is -2.05. The summed E-state index contributed by atoms with van der Waals surface area (Å²) in [4.78, 5) is 11.3. The van der Waals surface area contributed by atoms with Gasteiger partial charge in [-0.15, -0.1) is 0 Å². The highest BCUT2D eigenvalue weighted by atomic mass is 16.1. The molecule has 0 spiro atoms. The van der Waals surface area contributed by atoms with Crippen LogP contribution in [0.2, 0.25) is 0 Å². The van der Waals surface area contributed by atoms with E-state index in [9.17, 15) is 4.79 Å². The van der Waals surface area contributed by atoms with Crippen LogP contribution in [0.1, 0.15) is 23.2 Å². The van der Waals surface area contributed by atoms with Crippen LogP contribution in [-0.2, 0) is 6.42 Å². The van der Waals surface area contributed by atoms with Crippen LogP contribution in [0.3, 0.4) is 0 Å². The van der Waals surface area contributed by atoms with Gasteiger partial charge in [-0.05, 0) is 43.0 Å². The lowest BCUT2D eigenvalue weighted by Gasteiger charge is -2.13. The summed E-state index contributed by atoms with van der Waals surface area (Å²) in [6, 6.07) is 7.93. The van der Waals surface area contributed by atoms with Crippen LogP contribution >= 0.6 is 0 Å². The fourth-order valence-electron chi connectivity index (χ4n) is 2.31. The third-order valence-corrected chi connectivity index (χ3v) is 3.18. The Balaban J connectivity index is 2.14. The lowest BCUT2D eigenvalue weighted by atomic mass is 9.97. The Morgan fingerprint density at radius 1 is 1.29 bits per heavy atom. The number of nitrogens with zero attached hydrogens (tertiary/aromatic N) is 1. The van der Waals surface area contributed by atoms with Gasteiger partial charge in [0.2, 0.25) is 0 Å². The van der Waals surface area contributed by atoms with Crippen LogP contribution in [0.5, 0.6) is 0 Å². The molecule has 0 amide bonds. The summed E-state index contributed by atoms with van der Waals surface area (Å²) >= 11 is 0. The average Bonchev–Trinajstić information content (AvgIpc) is 2.68. The van der Waals surface area contributed by atoms with Crippen molar-refractivity contribution in [3.8, 4) is 5.69 Å². The van der Waals surface area contributed by atoms with Crippen molar-refractivity contribution in [2.24, 2.45) is 0 Å². The summed E-state index contributed by atoms with van der Waals surface area (Å²) < 4.78 is 1.82. The van der Waals surface area contributed by atoms with E-state index in [-0.39, 0.29) is 5.56 Å². The van der Waals surface area contributed by atoms with Crippen molar-refractivity contribution in [1.29, 1.82) is 0 Å². The van der Waals surface area contributed by atoms with E-state index in [1.165, 1.54) is 11.1 Å². The van der Waals surface area contributed by atoms with Crippen molar-refractivity contribution in [1.82, 2.24) is 9.78 Å². The molecule has 0 radical (unpaired) electrons. The van der Waals surface area contributed by atoms with Gasteiger partial charge in [0.25, 0.3) is 5.56 Å². The predicted molar refractivity (Wildman–Crippen MR) is 68.5 cm³/mol. The summed E-state index contributed by atoms with van der Waals surface area (Å²) in [6.07, 6.45) is 6.57. The van der Waals surface area contributed by atoms with Gasteiger partial charge < -0.3 is 0 Å². The first-order chi connectivity index (χ1) is 8.24. The molecule has 0 unspecified atom stereocenters. The maximum atomic E-state index is 11.3. The van der Waals surface area contributed by atoms with Gasteiger partial charge in [-0.2, -0.15) is 0 Å². The average molecular weight is 226 g/mol. The zero-order valence-corrected chi connectivity index (χ0v) is 9.73. The molecular formula is C14H14N2O. The molecule has 86 valence electrons. The monoisotopic (exact) mass is 226 g/mol. The Labute approximate surface area is 99.4 Å². The minimum Gasteiger partial charge on any atom is -0.268 e. The summed E-state index contributed by atoms with van der Waals surface area (Å²) in [7, 11) is 0. The second-order valence-corrected chi connectivity index (χ2v) is 4.42. The second-order valence-electron chi connectivity index (χ2n) is 4.42. The third kappa shape index (κ3) is 1.73. The molecule has 0 atom stereocenters. The van der Waals surface area contributed by atoms with Gasteiger partial charge in [0.1, 0.15) is 0 Å². The molecule has 1 aromatic carbocycles. The second kappa shape index (κ2) is 3.77. The number of aromatic nitrogens is 2. The molecule has 17 heavy (non-hydrogen) atoms. The molecule has 1 aliphatic carbocycles. The summed E-state index contributed by atoms with van der Waals surface area (Å²) in [5.41, 5.74) is 4.51. The Hall–Kier alpha value is -2.03. The molecule has 1 aliphatic rings. The molecule has 3 nitrogen and oxygen atoms in total. The maximum Gasteiger partial charge on any atom is 0.264 e. The lowest BCUT2D eigenvalue weighted by molar-refractivity contribution is 0.832. The van der Waals surface area contributed by atoms with Crippen molar-refractivity contribution >= 4 is 6.08 Å². The summed E-state index contributed by atoms with van der Waals surface area (Å²) in [6.45, 7) is 1.92. The standard InChI is InChI=1S/C14H14N2O/c1-10-8-14(17)15-16(10)13-7-6-11-4-2-3-5-12(11)9-13/h3,5-9H,2,4H2,1H3,(H,15,17). The van der Waals surface area contributed by atoms with Gasteiger partial charge in [0, 0.05) is 11.8 Å². The number of hydrogen-bond donors (Lipinski definition) is 1. The highest BCUT2D eigenvalue weighted by molar-refractivity contribution is 5.59. The van der Waals surface area contributed by atoms with Crippen LogP contribution in [0.15, 0.2) is 35.1 Å². The van der Waals surface area contributed by atoms with Crippen molar-refractivity contribution in [3.63, 3.8) is 0 Å². The first kappa shape index (κ1) is 10.1. The smallest absolute Gasteiger partial charge is 0.264 e. The SMILES string of the molecule is Cc1cc(=O)[nH]n1-c1ccc2c(c1)C=CCC2. The highest BCUT2D eigenvalue weighted by Gasteiger charge is 2.07. The van der Waals surface area contributed by atoms with Crippen LogP contribution in [-0.4, -0.2) is 9.78 Å². The van der Waals surface area contributed by atoms with Crippen LogP contribution in [0.25, 0.3) is 11.8 Å². The number of nitrogens with one attached hydrogen (secondary N) is 1. The van der Waals surface area contributed by atoms with Gasteiger partial charge >= 0.3 is 0 Å². The molecule has 0 bridgehead atoms. The summed E-state index contributed by atoms with van der Waals surface area (Å²) in [5, 5.41) is 2.80. The third-order valence-electron chi connectivity index (χ3n) is 3.18.